The molecule has 0 aliphatic carbocycles. The molecule has 1 heterocycles. The van der Waals surface area contributed by atoms with Crippen LogP contribution in [0.3, 0.4) is 0 Å². The maximum atomic E-state index is 5.64. The van der Waals surface area contributed by atoms with Gasteiger partial charge in [0.1, 0.15) is 0 Å². The molecular weight excluding hydrogens is 254 g/mol. The number of hydrogen-bond acceptors (Lipinski definition) is 3. The minimum atomic E-state index is 0.404. The molecule has 0 aromatic heterocycles. The van der Waals surface area contributed by atoms with Crippen molar-refractivity contribution in [3.05, 3.63) is 34.9 Å². The number of hydrogen-bond donors (Lipinski definition) is 1. The van der Waals surface area contributed by atoms with Crippen LogP contribution in [0.25, 0.3) is 0 Å². The van der Waals surface area contributed by atoms with Gasteiger partial charge in [0, 0.05) is 23.7 Å². The lowest BCUT2D eigenvalue weighted by molar-refractivity contribution is 0.127. The Morgan fingerprint density at radius 3 is 2.84 bits per heavy atom. The average Bonchev–Trinajstić information content (AvgIpc) is 2.80. The number of aryl methyl sites for hydroxylation is 2. The van der Waals surface area contributed by atoms with Gasteiger partial charge in [-0.3, -0.25) is 0 Å². The molecule has 1 aliphatic heterocycles. The highest BCUT2D eigenvalue weighted by molar-refractivity contribution is 8.00. The molecule has 106 valence electrons. The van der Waals surface area contributed by atoms with Crippen molar-refractivity contribution in [2.75, 3.05) is 19.4 Å². The molecule has 1 N–H and O–H groups in total. The van der Waals surface area contributed by atoms with Crippen molar-refractivity contribution >= 4 is 11.8 Å². The molecule has 3 atom stereocenters. The predicted octanol–water partition coefficient (Wildman–Crippen LogP) is 3.47. The van der Waals surface area contributed by atoms with Gasteiger partial charge in [-0.15, -0.1) is 0 Å². The zero-order valence-electron chi connectivity index (χ0n) is 12.4. The lowest BCUT2D eigenvalue weighted by Gasteiger charge is -2.22. The highest BCUT2D eigenvalue weighted by atomic mass is 32.2. The van der Waals surface area contributed by atoms with Crippen LogP contribution in [-0.4, -0.2) is 30.8 Å². The van der Waals surface area contributed by atoms with Crippen molar-refractivity contribution in [1.29, 1.82) is 0 Å². The highest BCUT2D eigenvalue weighted by Crippen LogP contribution is 2.30. The summed E-state index contributed by atoms with van der Waals surface area (Å²) in [6.45, 7) is 7.48. The third-order valence-corrected chi connectivity index (χ3v) is 5.52. The third kappa shape index (κ3) is 3.74. The Labute approximate surface area is 121 Å². The van der Waals surface area contributed by atoms with Crippen molar-refractivity contribution in [1.82, 2.24) is 5.32 Å². The van der Waals surface area contributed by atoms with E-state index in [1.807, 2.05) is 11.8 Å². The number of nitrogens with one attached hydrogen (secondary N) is 1. The molecule has 0 spiro atoms. The van der Waals surface area contributed by atoms with Gasteiger partial charge in [-0.1, -0.05) is 23.8 Å². The van der Waals surface area contributed by atoms with E-state index in [1.165, 1.54) is 23.1 Å². The van der Waals surface area contributed by atoms with Gasteiger partial charge in [0.05, 0.1) is 6.10 Å². The molecule has 2 nitrogen and oxygen atoms in total. The Balaban J connectivity index is 2.01. The standard InChI is InChI=1S/C16H25NOS/c1-11-5-6-12(2)14(9-11)15(17-4)10-19-16-7-8-18-13(16)3/h5-6,9,13,15-17H,7-8,10H2,1-4H3. The molecule has 2 rings (SSSR count). The van der Waals surface area contributed by atoms with E-state index in [1.54, 1.807) is 0 Å². The van der Waals surface area contributed by atoms with E-state index >= 15 is 0 Å². The quantitative estimate of drug-likeness (QED) is 0.891. The normalized spacial score (nSPS) is 24.6. The van der Waals surface area contributed by atoms with Gasteiger partial charge in [0.2, 0.25) is 0 Å². The van der Waals surface area contributed by atoms with E-state index in [2.05, 4.69) is 51.3 Å². The first kappa shape index (κ1) is 14.9. The second-order valence-electron chi connectivity index (χ2n) is 5.44. The van der Waals surface area contributed by atoms with E-state index in [-0.39, 0.29) is 0 Å². The molecule has 3 unspecified atom stereocenters. The zero-order valence-corrected chi connectivity index (χ0v) is 13.2. The molecule has 0 radical (unpaired) electrons. The summed E-state index contributed by atoms with van der Waals surface area (Å²) in [5, 5.41) is 4.12. The van der Waals surface area contributed by atoms with Crippen LogP contribution >= 0.6 is 11.8 Å². The fourth-order valence-corrected chi connectivity index (χ4v) is 4.01. The smallest absolute Gasteiger partial charge is 0.0666 e. The number of benzene rings is 1. The molecule has 1 aliphatic rings. The summed E-state index contributed by atoms with van der Waals surface area (Å²) in [7, 11) is 2.06. The van der Waals surface area contributed by atoms with Crippen LogP contribution in [0.15, 0.2) is 18.2 Å². The van der Waals surface area contributed by atoms with Crippen molar-refractivity contribution in [2.45, 2.75) is 44.6 Å². The molecule has 0 bridgehead atoms. The molecule has 0 saturated carbocycles. The van der Waals surface area contributed by atoms with Gasteiger partial charge >= 0.3 is 0 Å². The van der Waals surface area contributed by atoms with E-state index < -0.39 is 0 Å². The second-order valence-corrected chi connectivity index (χ2v) is 6.71. The minimum Gasteiger partial charge on any atom is -0.377 e. The Morgan fingerprint density at radius 2 is 2.21 bits per heavy atom. The van der Waals surface area contributed by atoms with Crippen molar-refractivity contribution in [3.63, 3.8) is 0 Å². The summed E-state index contributed by atoms with van der Waals surface area (Å²) in [5.41, 5.74) is 4.14. The molecule has 1 aromatic rings. The van der Waals surface area contributed by atoms with Gasteiger partial charge in [-0.05, 0) is 45.4 Å². The van der Waals surface area contributed by atoms with Crippen LogP contribution in [0.5, 0.6) is 0 Å². The SMILES string of the molecule is CNC(CSC1CCOC1C)c1cc(C)ccc1C. The van der Waals surface area contributed by atoms with Crippen LogP contribution in [0.2, 0.25) is 0 Å². The van der Waals surface area contributed by atoms with Crippen molar-refractivity contribution in [3.8, 4) is 0 Å². The summed E-state index contributed by atoms with van der Waals surface area (Å²) in [5.74, 6) is 1.11. The van der Waals surface area contributed by atoms with Crippen LogP contribution in [0.1, 0.15) is 36.1 Å². The molecular formula is C16H25NOS. The van der Waals surface area contributed by atoms with Crippen molar-refractivity contribution in [2.24, 2.45) is 0 Å². The summed E-state index contributed by atoms with van der Waals surface area (Å²) < 4.78 is 5.64. The predicted molar refractivity (Wildman–Crippen MR) is 84.0 cm³/mol. The monoisotopic (exact) mass is 279 g/mol. The summed E-state index contributed by atoms with van der Waals surface area (Å²) >= 11 is 2.05. The van der Waals surface area contributed by atoms with Gasteiger partial charge in [-0.2, -0.15) is 11.8 Å². The molecule has 1 saturated heterocycles. The maximum Gasteiger partial charge on any atom is 0.0666 e. The van der Waals surface area contributed by atoms with E-state index in [9.17, 15) is 0 Å². The Kier molecular flexibility index (Phi) is 5.31. The topological polar surface area (TPSA) is 21.3 Å². The van der Waals surface area contributed by atoms with Crippen LogP contribution in [-0.2, 0) is 4.74 Å². The van der Waals surface area contributed by atoms with Gasteiger partial charge < -0.3 is 10.1 Å². The fraction of sp³-hybridized carbons (Fsp3) is 0.625. The summed E-state index contributed by atoms with van der Waals surface area (Å²) in [6, 6.07) is 7.15. The van der Waals surface area contributed by atoms with E-state index in [4.69, 9.17) is 4.74 Å². The largest absolute Gasteiger partial charge is 0.377 e. The van der Waals surface area contributed by atoms with Crippen molar-refractivity contribution < 1.29 is 4.74 Å². The maximum absolute atomic E-state index is 5.64. The number of thioether (sulfide) groups is 1. The molecule has 19 heavy (non-hydrogen) atoms. The van der Waals surface area contributed by atoms with Crippen LogP contribution in [0, 0.1) is 13.8 Å². The highest BCUT2D eigenvalue weighted by Gasteiger charge is 2.25. The fourth-order valence-electron chi connectivity index (χ4n) is 2.61. The Hall–Kier alpha value is -0.510. The number of rotatable bonds is 5. The molecule has 1 fully saturated rings. The zero-order chi connectivity index (χ0) is 13.8. The first-order chi connectivity index (χ1) is 9.11. The number of ether oxygens (including phenoxy) is 1. The second kappa shape index (κ2) is 6.78. The average molecular weight is 279 g/mol. The first-order valence-corrected chi connectivity index (χ1v) is 8.14. The Bertz CT molecular complexity index is 421. The summed E-state index contributed by atoms with van der Waals surface area (Å²) in [6.07, 6.45) is 1.59. The molecule has 0 amide bonds. The van der Waals surface area contributed by atoms with Crippen LogP contribution < -0.4 is 5.32 Å². The Morgan fingerprint density at radius 1 is 1.42 bits per heavy atom. The van der Waals surface area contributed by atoms with Gasteiger partial charge in [0.25, 0.3) is 0 Å². The van der Waals surface area contributed by atoms with E-state index in [0.29, 0.717) is 17.4 Å². The lowest BCUT2D eigenvalue weighted by atomic mass is 10.0. The third-order valence-electron chi connectivity index (χ3n) is 3.94. The van der Waals surface area contributed by atoms with Gasteiger partial charge in [-0.25, -0.2) is 0 Å². The van der Waals surface area contributed by atoms with Gasteiger partial charge in [0.15, 0.2) is 0 Å². The first-order valence-electron chi connectivity index (χ1n) is 7.09. The van der Waals surface area contributed by atoms with E-state index in [0.717, 1.165) is 12.4 Å². The minimum absolute atomic E-state index is 0.404. The lowest BCUT2D eigenvalue weighted by Crippen LogP contribution is -2.23. The molecule has 3 heteroatoms. The summed E-state index contributed by atoms with van der Waals surface area (Å²) in [4.78, 5) is 0. The molecule has 1 aromatic carbocycles. The van der Waals surface area contributed by atoms with Crippen LogP contribution in [0.4, 0.5) is 0 Å².